The predicted octanol–water partition coefficient (Wildman–Crippen LogP) is 2.17. The molecular weight excluding hydrogens is 382 g/mol. The largest absolute Gasteiger partial charge is 0.356 e. The Balaban J connectivity index is 1.32. The summed E-state index contributed by atoms with van der Waals surface area (Å²) in [6.45, 7) is 3.80. The highest BCUT2D eigenvalue weighted by Gasteiger charge is 2.52. The average molecular weight is 409 g/mol. The molecular formula is C22H27N5O3. The zero-order chi connectivity index (χ0) is 21.1. The monoisotopic (exact) mass is 409 g/mol. The number of hydrogen-bond donors (Lipinski definition) is 1. The van der Waals surface area contributed by atoms with Crippen molar-refractivity contribution in [3.8, 4) is 0 Å². The van der Waals surface area contributed by atoms with Crippen LogP contribution in [0.5, 0.6) is 0 Å². The molecule has 8 heteroatoms. The van der Waals surface area contributed by atoms with Crippen molar-refractivity contribution in [3.05, 3.63) is 48.5 Å². The van der Waals surface area contributed by atoms with Crippen molar-refractivity contribution in [2.75, 3.05) is 18.0 Å². The lowest BCUT2D eigenvalue weighted by Crippen LogP contribution is -2.62. The second kappa shape index (κ2) is 8.30. The van der Waals surface area contributed by atoms with E-state index in [9.17, 15) is 14.4 Å². The highest BCUT2D eigenvalue weighted by Crippen LogP contribution is 2.43. The molecule has 0 aliphatic carbocycles. The number of rotatable bonds is 8. The Kier molecular flexibility index (Phi) is 5.57. The number of anilines is 1. The third kappa shape index (κ3) is 3.69. The minimum atomic E-state index is -0.663. The number of nitrogens with one attached hydrogen (secondary N) is 1. The second-order valence-corrected chi connectivity index (χ2v) is 8.03. The van der Waals surface area contributed by atoms with Gasteiger partial charge in [0.2, 0.25) is 11.8 Å². The van der Waals surface area contributed by atoms with Crippen molar-refractivity contribution in [1.82, 2.24) is 19.8 Å². The Labute approximate surface area is 175 Å². The van der Waals surface area contributed by atoms with Crippen LogP contribution in [0.2, 0.25) is 0 Å². The number of amides is 3. The third-order valence-electron chi connectivity index (χ3n) is 6.01. The van der Waals surface area contributed by atoms with Crippen LogP contribution in [0.1, 0.15) is 49.4 Å². The van der Waals surface area contributed by atoms with Gasteiger partial charge in [0.05, 0.1) is 17.6 Å². The number of fused-ring (bicyclic) bond motifs is 3. The van der Waals surface area contributed by atoms with Crippen LogP contribution in [0.3, 0.4) is 0 Å². The number of para-hydroxylation sites is 1. The summed E-state index contributed by atoms with van der Waals surface area (Å²) in [5.41, 5.74) is 0.581. The summed E-state index contributed by atoms with van der Waals surface area (Å²) in [6.07, 6.45) is 8.15. The lowest BCUT2D eigenvalue weighted by atomic mass is 9.98. The molecule has 158 valence electrons. The average Bonchev–Trinajstić information content (AvgIpc) is 3.36. The molecule has 8 nitrogen and oxygen atoms in total. The fourth-order valence-corrected chi connectivity index (χ4v) is 4.44. The Bertz CT molecular complexity index is 942. The quantitative estimate of drug-likeness (QED) is 0.677. The molecule has 1 N–H and O–H groups in total. The zero-order valence-electron chi connectivity index (χ0n) is 17.2. The van der Waals surface area contributed by atoms with Gasteiger partial charge in [-0.25, -0.2) is 4.98 Å². The van der Waals surface area contributed by atoms with Gasteiger partial charge in [-0.3, -0.25) is 19.3 Å². The van der Waals surface area contributed by atoms with Gasteiger partial charge in [0, 0.05) is 44.9 Å². The predicted molar refractivity (Wildman–Crippen MR) is 112 cm³/mol. The fraction of sp³-hybridized carbons (Fsp3) is 0.455. The third-order valence-corrected chi connectivity index (χ3v) is 6.01. The van der Waals surface area contributed by atoms with Crippen molar-refractivity contribution >= 4 is 23.4 Å². The highest BCUT2D eigenvalue weighted by molar-refractivity contribution is 6.10. The molecule has 4 rings (SSSR count). The van der Waals surface area contributed by atoms with E-state index < -0.39 is 5.66 Å². The van der Waals surface area contributed by atoms with Gasteiger partial charge in [-0.2, -0.15) is 0 Å². The highest BCUT2D eigenvalue weighted by atomic mass is 16.2. The first-order valence-corrected chi connectivity index (χ1v) is 10.5. The Hall–Kier alpha value is -3.16. The number of benzene rings is 1. The van der Waals surface area contributed by atoms with Crippen LogP contribution in [0.4, 0.5) is 5.69 Å². The van der Waals surface area contributed by atoms with E-state index in [4.69, 9.17) is 0 Å². The molecule has 1 atom stereocenters. The van der Waals surface area contributed by atoms with Crippen LogP contribution in [-0.2, 0) is 16.1 Å². The molecule has 2 aromatic rings. The summed E-state index contributed by atoms with van der Waals surface area (Å²) in [7, 11) is 0. The fourth-order valence-electron chi connectivity index (χ4n) is 4.44. The summed E-state index contributed by atoms with van der Waals surface area (Å²) in [5.74, 6) is -0.0483. The minimum Gasteiger partial charge on any atom is -0.356 e. The zero-order valence-corrected chi connectivity index (χ0v) is 17.2. The van der Waals surface area contributed by atoms with Crippen LogP contribution in [0.15, 0.2) is 43.0 Å². The normalized spacial score (nSPS) is 20.3. The topological polar surface area (TPSA) is 87.5 Å². The second-order valence-electron chi connectivity index (χ2n) is 8.03. The Morgan fingerprint density at radius 3 is 2.83 bits per heavy atom. The summed E-state index contributed by atoms with van der Waals surface area (Å²) in [4.78, 5) is 45.4. The number of aromatic nitrogens is 2. The number of aryl methyl sites for hydroxylation is 1. The molecule has 3 heterocycles. The maximum absolute atomic E-state index is 13.2. The first kappa shape index (κ1) is 20.1. The molecule has 0 radical (unpaired) electrons. The Morgan fingerprint density at radius 2 is 2.03 bits per heavy atom. The van der Waals surface area contributed by atoms with Crippen molar-refractivity contribution in [2.45, 2.75) is 51.2 Å². The van der Waals surface area contributed by atoms with Gasteiger partial charge in [0.15, 0.2) is 0 Å². The molecule has 1 fully saturated rings. The summed E-state index contributed by atoms with van der Waals surface area (Å²) < 4.78 is 1.97. The van der Waals surface area contributed by atoms with Gasteiger partial charge < -0.3 is 14.8 Å². The molecule has 1 aromatic carbocycles. The molecule has 1 aromatic heterocycles. The number of nitrogens with zero attached hydrogens (tertiary/aromatic N) is 4. The van der Waals surface area contributed by atoms with Crippen molar-refractivity contribution in [3.63, 3.8) is 0 Å². The van der Waals surface area contributed by atoms with E-state index in [1.54, 1.807) is 28.4 Å². The summed E-state index contributed by atoms with van der Waals surface area (Å²) in [5, 5.41) is 2.93. The molecule has 1 unspecified atom stereocenters. The smallest absolute Gasteiger partial charge is 0.257 e. The lowest BCUT2D eigenvalue weighted by Gasteiger charge is -2.48. The van der Waals surface area contributed by atoms with Crippen LogP contribution < -0.4 is 10.2 Å². The molecule has 0 saturated carbocycles. The van der Waals surface area contributed by atoms with Crippen LogP contribution in [0.25, 0.3) is 0 Å². The van der Waals surface area contributed by atoms with Crippen molar-refractivity contribution in [2.24, 2.45) is 0 Å². The van der Waals surface area contributed by atoms with E-state index in [0.717, 1.165) is 13.0 Å². The van der Waals surface area contributed by atoms with E-state index in [-0.39, 0.29) is 17.7 Å². The van der Waals surface area contributed by atoms with E-state index in [2.05, 4.69) is 10.3 Å². The van der Waals surface area contributed by atoms with Crippen LogP contribution in [-0.4, -0.2) is 50.9 Å². The minimum absolute atomic E-state index is 0.0185. The summed E-state index contributed by atoms with van der Waals surface area (Å²) in [6, 6.07) is 7.27. The van der Waals surface area contributed by atoms with Crippen molar-refractivity contribution in [1.29, 1.82) is 0 Å². The van der Waals surface area contributed by atoms with E-state index >= 15 is 0 Å². The van der Waals surface area contributed by atoms with Gasteiger partial charge >= 0.3 is 0 Å². The number of imidazole rings is 1. The molecule has 3 amide bonds. The van der Waals surface area contributed by atoms with E-state index in [0.29, 0.717) is 50.0 Å². The first-order chi connectivity index (χ1) is 14.5. The van der Waals surface area contributed by atoms with Gasteiger partial charge in [0.25, 0.3) is 5.91 Å². The maximum atomic E-state index is 13.2. The molecule has 0 spiro atoms. The molecule has 30 heavy (non-hydrogen) atoms. The van der Waals surface area contributed by atoms with Gasteiger partial charge in [-0.15, -0.1) is 0 Å². The SMILES string of the molecule is CC12CCC(=O)N1c1ccccc1C(=O)N2CCCC(=O)NCCCn1ccnc1. The lowest BCUT2D eigenvalue weighted by molar-refractivity contribution is -0.121. The van der Waals surface area contributed by atoms with Crippen molar-refractivity contribution < 1.29 is 14.4 Å². The Morgan fingerprint density at radius 1 is 1.20 bits per heavy atom. The summed E-state index contributed by atoms with van der Waals surface area (Å²) >= 11 is 0. The number of carbonyl (C=O) groups is 3. The number of carbonyl (C=O) groups excluding carboxylic acids is 3. The standard InChI is InChI=1S/C22H27N5O3/c1-22-10-9-20(29)27(22)18-7-3-2-6-17(18)21(30)26(22)14-4-8-19(28)24-11-5-13-25-15-12-23-16-25/h2-3,6-7,12,15-16H,4-5,8-11,13-14H2,1H3,(H,24,28). The first-order valence-electron chi connectivity index (χ1n) is 10.5. The number of hydrogen-bond acceptors (Lipinski definition) is 4. The van der Waals surface area contributed by atoms with Gasteiger partial charge in [-0.1, -0.05) is 12.1 Å². The molecule has 0 bridgehead atoms. The molecule has 2 aliphatic heterocycles. The van der Waals surface area contributed by atoms with Crippen LogP contribution in [0, 0.1) is 0 Å². The molecule has 1 saturated heterocycles. The van der Waals surface area contributed by atoms with E-state index in [1.165, 1.54) is 0 Å². The molecule has 2 aliphatic rings. The van der Waals surface area contributed by atoms with Gasteiger partial charge in [-0.05, 0) is 38.3 Å². The van der Waals surface area contributed by atoms with Gasteiger partial charge in [0.1, 0.15) is 5.66 Å². The van der Waals surface area contributed by atoms with E-state index in [1.807, 2.05) is 35.9 Å². The maximum Gasteiger partial charge on any atom is 0.257 e. The van der Waals surface area contributed by atoms with Crippen LogP contribution >= 0.6 is 0 Å².